The molecule has 1 unspecified atom stereocenters. The lowest BCUT2D eigenvalue weighted by atomic mass is 9.90. The van der Waals surface area contributed by atoms with Crippen molar-refractivity contribution in [3.63, 3.8) is 0 Å². The van der Waals surface area contributed by atoms with Gasteiger partial charge in [0, 0.05) is 5.56 Å². The third kappa shape index (κ3) is 3.27. The molecule has 3 heteroatoms. The van der Waals surface area contributed by atoms with E-state index in [9.17, 15) is 9.50 Å². The van der Waals surface area contributed by atoms with Gasteiger partial charge in [-0.3, -0.25) is 0 Å². The molecule has 1 saturated heterocycles. The summed E-state index contributed by atoms with van der Waals surface area (Å²) in [6.45, 7) is 3.76. The van der Waals surface area contributed by atoms with Crippen molar-refractivity contribution >= 4 is 11.8 Å². The van der Waals surface area contributed by atoms with Gasteiger partial charge in [-0.05, 0) is 67.7 Å². The fourth-order valence-corrected chi connectivity index (χ4v) is 3.97. The summed E-state index contributed by atoms with van der Waals surface area (Å²) < 4.78 is 14.0. The van der Waals surface area contributed by atoms with Crippen LogP contribution >= 0.6 is 11.8 Å². The van der Waals surface area contributed by atoms with Gasteiger partial charge in [0.2, 0.25) is 0 Å². The Bertz CT molecular complexity index is 390. The van der Waals surface area contributed by atoms with Gasteiger partial charge >= 0.3 is 0 Å². The Hall–Kier alpha value is -0.540. The molecule has 1 N–H and O–H groups in total. The maximum atomic E-state index is 14.0. The van der Waals surface area contributed by atoms with Crippen LogP contribution in [-0.2, 0) is 0 Å². The number of hydrogen-bond acceptors (Lipinski definition) is 2. The molecule has 0 aromatic heterocycles. The molecule has 1 aliphatic rings. The molecule has 0 radical (unpaired) electrons. The number of halogens is 1. The van der Waals surface area contributed by atoms with E-state index in [1.165, 1.54) is 17.6 Å². The third-order valence-corrected chi connectivity index (χ3v) is 4.76. The van der Waals surface area contributed by atoms with E-state index in [2.05, 4.69) is 0 Å². The topological polar surface area (TPSA) is 20.2 Å². The van der Waals surface area contributed by atoms with Crippen molar-refractivity contribution < 1.29 is 9.50 Å². The highest BCUT2D eigenvalue weighted by atomic mass is 32.2. The van der Waals surface area contributed by atoms with E-state index in [-0.39, 0.29) is 5.82 Å². The van der Waals surface area contributed by atoms with Gasteiger partial charge in [-0.2, -0.15) is 11.8 Å². The minimum atomic E-state index is -0.654. The zero-order valence-corrected chi connectivity index (χ0v) is 11.9. The van der Waals surface area contributed by atoms with Crippen LogP contribution in [0.4, 0.5) is 4.39 Å². The monoisotopic (exact) mass is 268 g/mol. The summed E-state index contributed by atoms with van der Waals surface area (Å²) in [6.07, 6.45) is 2.34. The minimum absolute atomic E-state index is 0.259. The number of aliphatic hydroxyl groups excluding tert-OH is 1. The van der Waals surface area contributed by atoms with Crippen molar-refractivity contribution in [1.82, 2.24) is 0 Å². The van der Waals surface area contributed by atoms with Crippen molar-refractivity contribution in [3.05, 3.63) is 34.6 Å². The quantitative estimate of drug-likeness (QED) is 0.894. The van der Waals surface area contributed by atoms with Gasteiger partial charge in [-0.15, -0.1) is 0 Å². The van der Waals surface area contributed by atoms with Gasteiger partial charge in [0.1, 0.15) is 5.82 Å². The van der Waals surface area contributed by atoms with Crippen molar-refractivity contribution in [2.45, 2.75) is 39.2 Å². The van der Waals surface area contributed by atoms with Gasteiger partial charge in [-0.1, -0.05) is 6.07 Å². The SMILES string of the molecule is Cc1cc(C)c(C(O)CC2CCSCC2)c(F)c1. The number of rotatable bonds is 3. The highest BCUT2D eigenvalue weighted by Crippen LogP contribution is 2.33. The Morgan fingerprint density at radius 3 is 2.61 bits per heavy atom. The first-order chi connectivity index (χ1) is 8.58. The Morgan fingerprint density at radius 1 is 1.33 bits per heavy atom. The van der Waals surface area contributed by atoms with Crippen LogP contribution in [0.2, 0.25) is 0 Å². The Labute approximate surface area is 113 Å². The summed E-state index contributed by atoms with van der Waals surface area (Å²) in [7, 11) is 0. The second-order valence-electron chi connectivity index (χ2n) is 5.28. The Kier molecular flexibility index (Phi) is 4.68. The fraction of sp³-hybridized carbons (Fsp3) is 0.600. The first-order valence-electron chi connectivity index (χ1n) is 6.60. The molecular formula is C15H21FOS. The van der Waals surface area contributed by atoms with Crippen LogP contribution in [0.25, 0.3) is 0 Å². The third-order valence-electron chi connectivity index (χ3n) is 3.71. The lowest BCUT2D eigenvalue weighted by molar-refractivity contribution is 0.136. The number of benzene rings is 1. The maximum absolute atomic E-state index is 14.0. The maximum Gasteiger partial charge on any atom is 0.129 e. The second-order valence-corrected chi connectivity index (χ2v) is 6.51. The molecule has 1 fully saturated rings. The van der Waals surface area contributed by atoms with Gasteiger partial charge in [0.25, 0.3) is 0 Å². The number of thioether (sulfide) groups is 1. The molecule has 1 heterocycles. The van der Waals surface area contributed by atoms with Gasteiger partial charge in [-0.25, -0.2) is 4.39 Å². The largest absolute Gasteiger partial charge is 0.388 e. The van der Waals surface area contributed by atoms with Crippen molar-refractivity contribution in [2.24, 2.45) is 5.92 Å². The van der Waals surface area contributed by atoms with Crippen LogP contribution < -0.4 is 0 Å². The lowest BCUT2D eigenvalue weighted by Crippen LogP contribution is -2.15. The number of aliphatic hydroxyl groups is 1. The van der Waals surface area contributed by atoms with Crippen LogP contribution in [0.5, 0.6) is 0 Å². The van der Waals surface area contributed by atoms with Crippen molar-refractivity contribution in [3.8, 4) is 0 Å². The summed E-state index contributed by atoms with van der Waals surface area (Å²) in [4.78, 5) is 0. The Morgan fingerprint density at radius 2 is 2.00 bits per heavy atom. The second kappa shape index (κ2) is 6.07. The van der Waals surface area contributed by atoms with E-state index >= 15 is 0 Å². The van der Waals surface area contributed by atoms with E-state index in [1.807, 2.05) is 31.7 Å². The summed E-state index contributed by atoms with van der Waals surface area (Å²) in [5.74, 6) is 2.63. The van der Waals surface area contributed by atoms with E-state index in [0.717, 1.165) is 24.0 Å². The van der Waals surface area contributed by atoms with Crippen LogP contribution in [0.1, 0.15) is 42.1 Å². The van der Waals surface area contributed by atoms with Crippen LogP contribution in [-0.4, -0.2) is 16.6 Å². The molecule has 0 amide bonds. The molecule has 1 aliphatic heterocycles. The lowest BCUT2D eigenvalue weighted by Gasteiger charge is -2.25. The van der Waals surface area contributed by atoms with E-state index in [4.69, 9.17) is 0 Å². The van der Waals surface area contributed by atoms with E-state index in [1.54, 1.807) is 0 Å². The summed E-state index contributed by atoms with van der Waals surface area (Å²) in [6, 6.07) is 3.46. The first kappa shape index (κ1) is 13.9. The van der Waals surface area contributed by atoms with Gasteiger partial charge in [0.15, 0.2) is 0 Å². The van der Waals surface area contributed by atoms with Crippen molar-refractivity contribution in [1.29, 1.82) is 0 Å². The highest BCUT2D eigenvalue weighted by Gasteiger charge is 2.22. The molecule has 0 spiro atoms. The Balaban J connectivity index is 2.10. The van der Waals surface area contributed by atoms with Crippen LogP contribution in [0, 0.1) is 25.6 Å². The molecule has 1 atom stereocenters. The highest BCUT2D eigenvalue weighted by molar-refractivity contribution is 7.99. The zero-order valence-electron chi connectivity index (χ0n) is 11.1. The minimum Gasteiger partial charge on any atom is -0.388 e. The summed E-state index contributed by atoms with van der Waals surface area (Å²) in [5.41, 5.74) is 2.28. The first-order valence-corrected chi connectivity index (χ1v) is 7.76. The summed E-state index contributed by atoms with van der Waals surface area (Å²) in [5, 5.41) is 10.3. The molecule has 1 aromatic carbocycles. The van der Waals surface area contributed by atoms with Gasteiger partial charge < -0.3 is 5.11 Å². The molecule has 100 valence electrons. The molecule has 1 aromatic rings. The van der Waals surface area contributed by atoms with E-state index < -0.39 is 6.10 Å². The van der Waals surface area contributed by atoms with Crippen molar-refractivity contribution in [2.75, 3.05) is 11.5 Å². The smallest absolute Gasteiger partial charge is 0.129 e. The number of hydrogen-bond donors (Lipinski definition) is 1. The standard InChI is InChI=1S/C15H21FOS/c1-10-7-11(2)15(13(16)8-10)14(17)9-12-3-5-18-6-4-12/h7-8,12,14,17H,3-6,9H2,1-2H3. The molecule has 0 bridgehead atoms. The predicted octanol–water partition coefficient (Wildman–Crippen LogP) is 4.01. The summed E-state index contributed by atoms with van der Waals surface area (Å²) >= 11 is 1.97. The molecule has 2 rings (SSSR count). The molecule has 0 saturated carbocycles. The zero-order chi connectivity index (χ0) is 13.1. The molecule has 18 heavy (non-hydrogen) atoms. The molecule has 0 aliphatic carbocycles. The predicted molar refractivity (Wildman–Crippen MR) is 75.5 cm³/mol. The normalized spacial score (nSPS) is 18.9. The average molecular weight is 268 g/mol. The van der Waals surface area contributed by atoms with Gasteiger partial charge in [0.05, 0.1) is 6.10 Å². The van der Waals surface area contributed by atoms with E-state index in [0.29, 0.717) is 17.9 Å². The van der Waals surface area contributed by atoms with Crippen LogP contribution in [0.3, 0.4) is 0 Å². The average Bonchev–Trinajstić information content (AvgIpc) is 2.28. The molecular weight excluding hydrogens is 247 g/mol. The van der Waals surface area contributed by atoms with Crippen LogP contribution in [0.15, 0.2) is 12.1 Å². The fourth-order valence-electron chi connectivity index (χ4n) is 2.76. The molecule has 1 nitrogen and oxygen atoms in total. The number of aryl methyl sites for hydroxylation is 2.